The molecule has 0 aliphatic heterocycles. The molecule has 5 nitrogen and oxygen atoms in total. The molecule has 0 amide bonds. The van der Waals surface area contributed by atoms with Crippen molar-refractivity contribution < 1.29 is 9.84 Å². The molecule has 0 fully saturated rings. The molecule has 0 spiro atoms. The summed E-state index contributed by atoms with van der Waals surface area (Å²) in [7, 11) is 1.55. The summed E-state index contributed by atoms with van der Waals surface area (Å²) in [5, 5.41) is 14.4. The lowest BCUT2D eigenvalue weighted by molar-refractivity contribution is 0.0693. The molecule has 2 rings (SSSR count). The molecule has 0 aliphatic rings. The second kappa shape index (κ2) is 3.45. The first kappa shape index (κ1) is 10.9. The zero-order valence-electron chi connectivity index (χ0n) is 9.85. The Hall–Kier alpha value is -1.62. The fourth-order valence-electron chi connectivity index (χ4n) is 1.59. The van der Waals surface area contributed by atoms with Gasteiger partial charge in [-0.15, -0.1) is 0 Å². The summed E-state index contributed by atoms with van der Waals surface area (Å²) < 4.78 is 6.90. The van der Waals surface area contributed by atoms with Crippen molar-refractivity contribution in [1.29, 1.82) is 0 Å². The van der Waals surface area contributed by atoms with Crippen molar-refractivity contribution in [3.8, 4) is 5.75 Å². The first-order chi connectivity index (χ1) is 7.43. The maximum Gasteiger partial charge on any atom is 0.157 e. The first-order valence-electron chi connectivity index (χ1n) is 5.05. The van der Waals surface area contributed by atoms with Crippen LogP contribution < -0.4 is 4.74 Å². The van der Waals surface area contributed by atoms with Gasteiger partial charge >= 0.3 is 0 Å². The normalized spacial score (nSPS) is 12.1. The highest BCUT2D eigenvalue weighted by Crippen LogP contribution is 2.28. The van der Waals surface area contributed by atoms with Gasteiger partial charge in [0.15, 0.2) is 5.65 Å². The van der Waals surface area contributed by atoms with Crippen LogP contribution in [0.5, 0.6) is 5.75 Å². The SMILES string of the molecule is COc1cc2ncc(C)n2nc1C(C)(C)O. The number of aliphatic hydroxyl groups is 1. The highest BCUT2D eigenvalue weighted by atomic mass is 16.5. The van der Waals surface area contributed by atoms with Crippen molar-refractivity contribution in [3.63, 3.8) is 0 Å². The second-order valence-electron chi connectivity index (χ2n) is 4.29. The Morgan fingerprint density at radius 2 is 2.12 bits per heavy atom. The van der Waals surface area contributed by atoms with Gasteiger partial charge in [-0.05, 0) is 20.8 Å². The van der Waals surface area contributed by atoms with E-state index < -0.39 is 5.60 Å². The third kappa shape index (κ3) is 1.63. The highest BCUT2D eigenvalue weighted by molar-refractivity contribution is 5.47. The van der Waals surface area contributed by atoms with Crippen LogP contribution in [0.15, 0.2) is 12.3 Å². The van der Waals surface area contributed by atoms with Gasteiger partial charge in [-0.3, -0.25) is 0 Å². The van der Waals surface area contributed by atoms with Crippen molar-refractivity contribution in [2.24, 2.45) is 0 Å². The summed E-state index contributed by atoms with van der Waals surface area (Å²) in [6, 6.07) is 1.77. The molecule has 5 heteroatoms. The molecular formula is C11H15N3O2. The Balaban J connectivity index is 2.75. The van der Waals surface area contributed by atoms with Crippen molar-refractivity contribution in [3.05, 3.63) is 23.7 Å². The molecule has 0 atom stereocenters. The molecular weight excluding hydrogens is 206 g/mol. The van der Waals surface area contributed by atoms with E-state index in [0.717, 1.165) is 5.69 Å². The van der Waals surface area contributed by atoms with Crippen molar-refractivity contribution >= 4 is 5.65 Å². The number of hydrogen-bond acceptors (Lipinski definition) is 4. The van der Waals surface area contributed by atoms with Gasteiger partial charge in [0.2, 0.25) is 0 Å². The minimum atomic E-state index is -1.05. The minimum absolute atomic E-state index is 0.503. The van der Waals surface area contributed by atoms with Crippen LogP contribution >= 0.6 is 0 Å². The molecule has 0 aromatic carbocycles. The number of rotatable bonds is 2. The van der Waals surface area contributed by atoms with E-state index in [1.807, 2.05) is 6.92 Å². The topological polar surface area (TPSA) is 59.7 Å². The number of hydrogen-bond donors (Lipinski definition) is 1. The average molecular weight is 221 g/mol. The predicted molar refractivity (Wildman–Crippen MR) is 59.5 cm³/mol. The van der Waals surface area contributed by atoms with Gasteiger partial charge in [-0.2, -0.15) is 5.10 Å². The van der Waals surface area contributed by atoms with Gasteiger partial charge in [0.25, 0.3) is 0 Å². The minimum Gasteiger partial charge on any atom is -0.495 e. The Morgan fingerprint density at radius 1 is 1.44 bits per heavy atom. The fourth-order valence-corrected chi connectivity index (χ4v) is 1.59. The van der Waals surface area contributed by atoms with E-state index >= 15 is 0 Å². The zero-order chi connectivity index (χ0) is 11.9. The maximum atomic E-state index is 10.0. The fraction of sp³-hybridized carbons (Fsp3) is 0.455. The molecule has 2 aromatic rings. The lowest BCUT2D eigenvalue weighted by Gasteiger charge is -2.19. The van der Waals surface area contributed by atoms with Crippen LogP contribution in [0.1, 0.15) is 25.2 Å². The number of aryl methyl sites for hydroxylation is 1. The molecule has 1 N–H and O–H groups in total. The van der Waals surface area contributed by atoms with Crippen LogP contribution in [0, 0.1) is 6.92 Å². The Morgan fingerprint density at radius 3 is 2.69 bits per heavy atom. The molecule has 86 valence electrons. The Bertz CT molecular complexity index is 526. The van der Waals surface area contributed by atoms with Crippen LogP contribution in [0.3, 0.4) is 0 Å². The van der Waals surface area contributed by atoms with E-state index in [9.17, 15) is 5.11 Å². The quantitative estimate of drug-likeness (QED) is 0.829. The summed E-state index contributed by atoms with van der Waals surface area (Å²) >= 11 is 0. The van der Waals surface area contributed by atoms with Crippen LogP contribution in [0.25, 0.3) is 5.65 Å². The van der Waals surface area contributed by atoms with Gasteiger partial charge < -0.3 is 9.84 Å². The number of nitrogens with zero attached hydrogens (tertiary/aromatic N) is 3. The van der Waals surface area contributed by atoms with Crippen molar-refractivity contribution in [2.45, 2.75) is 26.4 Å². The summed E-state index contributed by atoms with van der Waals surface area (Å²) in [6.45, 7) is 5.26. The Kier molecular flexibility index (Phi) is 2.35. The van der Waals surface area contributed by atoms with Crippen LogP contribution in [0.4, 0.5) is 0 Å². The molecule has 0 radical (unpaired) electrons. The summed E-state index contributed by atoms with van der Waals surface area (Å²) in [6.07, 6.45) is 1.73. The average Bonchev–Trinajstić information content (AvgIpc) is 2.57. The second-order valence-corrected chi connectivity index (χ2v) is 4.29. The van der Waals surface area contributed by atoms with Crippen LogP contribution in [0.2, 0.25) is 0 Å². The third-order valence-corrected chi connectivity index (χ3v) is 2.43. The number of fused-ring (bicyclic) bond motifs is 1. The molecule has 2 heterocycles. The molecule has 0 saturated carbocycles. The van der Waals surface area contributed by atoms with Gasteiger partial charge in [0, 0.05) is 6.07 Å². The van der Waals surface area contributed by atoms with E-state index in [0.29, 0.717) is 17.1 Å². The Labute approximate surface area is 93.7 Å². The van der Waals surface area contributed by atoms with E-state index in [4.69, 9.17) is 4.74 Å². The molecule has 0 aliphatic carbocycles. The molecule has 2 aromatic heterocycles. The summed E-state index contributed by atoms with van der Waals surface area (Å²) in [5.41, 5.74) is 1.09. The van der Waals surface area contributed by atoms with Crippen LogP contribution in [-0.4, -0.2) is 26.8 Å². The monoisotopic (exact) mass is 221 g/mol. The van der Waals surface area contributed by atoms with Gasteiger partial charge in [0.1, 0.15) is 17.0 Å². The molecule has 0 saturated heterocycles. The predicted octanol–water partition coefficient (Wildman–Crippen LogP) is 1.27. The summed E-state index contributed by atoms with van der Waals surface area (Å²) in [4.78, 5) is 4.19. The van der Waals surface area contributed by atoms with E-state index in [1.165, 1.54) is 0 Å². The standard InChI is InChI=1S/C11H15N3O2/c1-7-6-12-9-5-8(16-4)10(11(2,3)15)13-14(7)9/h5-6,15H,1-4H3. The lowest BCUT2D eigenvalue weighted by atomic mass is 10.0. The molecule has 16 heavy (non-hydrogen) atoms. The largest absolute Gasteiger partial charge is 0.495 e. The van der Waals surface area contributed by atoms with E-state index in [-0.39, 0.29) is 0 Å². The zero-order valence-corrected chi connectivity index (χ0v) is 9.85. The number of methoxy groups -OCH3 is 1. The first-order valence-corrected chi connectivity index (χ1v) is 5.05. The number of ether oxygens (including phenoxy) is 1. The maximum absolute atomic E-state index is 10.0. The third-order valence-electron chi connectivity index (χ3n) is 2.43. The van der Waals surface area contributed by atoms with E-state index in [1.54, 1.807) is 37.7 Å². The van der Waals surface area contributed by atoms with Crippen LogP contribution in [-0.2, 0) is 5.60 Å². The smallest absolute Gasteiger partial charge is 0.157 e. The van der Waals surface area contributed by atoms with Crippen molar-refractivity contribution in [1.82, 2.24) is 14.6 Å². The number of aromatic nitrogens is 3. The van der Waals surface area contributed by atoms with Gasteiger partial charge in [-0.1, -0.05) is 0 Å². The summed E-state index contributed by atoms with van der Waals surface area (Å²) in [5.74, 6) is 0.547. The number of imidazole rings is 1. The van der Waals surface area contributed by atoms with E-state index in [2.05, 4.69) is 10.1 Å². The molecule has 0 bridgehead atoms. The molecule has 0 unspecified atom stereocenters. The van der Waals surface area contributed by atoms with Crippen molar-refractivity contribution in [2.75, 3.05) is 7.11 Å². The lowest BCUT2D eigenvalue weighted by Crippen LogP contribution is -2.20. The van der Waals surface area contributed by atoms with Gasteiger partial charge in [0.05, 0.1) is 19.0 Å². The highest BCUT2D eigenvalue weighted by Gasteiger charge is 2.24. The van der Waals surface area contributed by atoms with Gasteiger partial charge in [-0.25, -0.2) is 9.50 Å².